The molecular formula is C9H18N2O. The highest BCUT2D eigenvalue weighted by Crippen LogP contribution is 2.27. The van der Waals surface area contributed by atoms with Crippen molar-refractivity contribution >= 4 is 5.91 Å². The van der Waals surface area contributed by atoms with Gasteiger partial charge in [-0.15, -0.1) is 0 Å². The second-order valence-electron chi connectivity index (χ2n) is 3.78. The molecule has 3 heteroatoms. The Morgan fingerprint density at radius 1 is 1.50 bits per heavy atom. The molecule has 0 aromatic carbocycles. The van der Waals surface area contributed by atoms with E-state index in [0.717, 1.165) is 12.5 Å². The van der Waals surface area contributed by atoms with Gasteiger partial charge in [-0.3, -0.25) is 4.79 Å². The number of nitrogens with one attached hydrogen (secondary N) is 2. The summed E-state index contributed by atoms with van der Waals surface area (Å²) in [5.74, 6) is 0.892. The minimum Gasteiger partial charge on any atom is -0.355 e. The highest BCUT2D eigenvalue weighted by atomic mass is 16.1. The number of amides is 1. The fourth-order valence-corrected chi connectivity index (χ4v) is 0.939. The smallest absolute Gasteiger partial charge is 0.233 e. The van der Waals surface area contributed by atoms with E-state index in [0.29, 0.717) is 12.6 Å². The van der Waals surface area contributed by atoms with E-state index in [1.54, 1.807) is 0 Å². The Labute approximate surface area is 73.9 Å². The van der Waals surface area contributed by atoms with Gasteiger partial charge in [0.2, 0.25) is 5.91 Å². The second kappa shape index (κ2) is 4.45. The summed E-state index contributed by atoms with van der Waals surface area (Å²) in [6.07, 6.45) is 2.58. The molecule has 1 fully saturated rings. The van der Waals surface area contributed by atoms with Crippen molar-refractivity contribution in [2.75, 3.05) is 13.1 Å². The van der Waals surface area contributed by atoms with Gasteiger partial charge in [0.15, 0.2) is 0 Å². The number of carbonyl (C=O) groups is 1. The van der Waals surface area contributed by atoms with Crippen molar-refractivity contribution in [3.8, 4) is 0 Å². The molecule has 12 heavy (non-hydrogen) atoms. The summed E-state index contributed by atoms with van der Waals surface area (Å²) >= 11 is 0. The maximum absolute atomic E-state index is 11.1. The zero-order valence-corrected chi connectivity index (χ0v) is 7.89. The molecule has 1 saturated carbocycles. The van der Waals surface area contributed by atoms with Gasteiger partial charge in [-0.25, -0.2) is 0 Å². The molecular weight excluding hydrogens is 152 g/mol. The molecule has 0 aromatic rings. The van der Waals surface area contributed by atoms with Crippen LogP contribution < -0.4 is 10.6 Å². The highest BCUT2D eigenvalue weighted by molar-refractivity contribution is 5.78. The lowest BCUT2D eigenvalue weighted by Gasteiger charge is -2.07. The summed E-state index contributed by atoms with van der Waals surface area (Å²) < 4.78 is 0. The molecule has 2 N–H and O–H groups in total. The van der Waals surface area contributed by atoms with Gasteiger partial charge >= 0.3 is 0 Å². The molecule has 0 atom stereocenters. The van der Waals surface area contributed by atoms with Gasteiger partial charge in [-0.2, -0.15) is 0 Å². The van der Waals surface area contributed by atoms with Gasteiger partial charge in [0, 0.05) is 12.6 Å². The minimum absolute atomic E-state index is 0.121. The third kappa shape index (κ3) is 4.34. The van der Waals surface area contributed by atoms with Gasteiger partial charge in [-0.05, 0) is 18.8 Å². The van der Waals surface area contributed by atoms with E-state index in [9.17, 15) is 4.79 Å². The molecule has 0 bridgehead atoms. The van der Waals surface area contributed by atoms with E-state index in [2.05, 4.69) is 10.6 Å². The van der Waals surface area contributed by atoms with E-state index in [4.69, 9.17) is 0 Å². The van der Waals surface area contributed by atoms with Crippen molar-refractivity contribution in [1.82, 2.24) is 10.6 Å². The van der Waals surface area contributed by atoms with Gasteiger partial charge < -0.3 is 10.6 Å². The molecule has 1 aliphatic carbocycles. The Morgan fingerprint density at radius 2 is 2.17 bits per heavy atom. The summed E-state index contributed by atoms with van der Waals surface area (Å²) in [7, 11) is 0. The molecule has 0 unspecified atom stereocenters. The third-order valence-electron chi connectivity index (χ3n) is 1.96. The van der Waals surface area contributed by atoms with Crippen LogP contribution in [0.15, 0.2) is 0 Å². The molecule has 3 nitrogen and oxygen atoms in total. The summed E-state index contributed by atoms with van der Waals surface area (Å²) in [5.41, 5.74) is 0. The van der Waals surface area contributed by atoms with Crippen LogP contribution in [0.4, 0.5) is 0 Å². The van der Waals surface area contributed by atoms with Crippen LogP contribution in [0.3, 0.4) is 0 Å². The van der Waals surface area contributed by atoms with Crippen molar-refractivity contribution in [3.05, 3.63) is 0 Å². The molecule has 0 radical (unpaired) electrons. The van der Waals surface area contributed by atoms with Crippen LogP contribution in [0.25, 0.3) is 0 Å². The topological polar surface area (TPSA) is 41.1 Å². The summed E-state index contributed by atoms with van der Waals surface area (Å²) in [6, 6.07) is 0.386. The quantitative estimate of drug-likeness (QED) is 0.631. The van der Waals surface area contributed by atoms with Crippen LogP contribution in [0.5, 0.6) is 0 Å². The summed E-state index contributed by atoms with van der Waals surface area (Å²) in [4.78, 5) is 11.1. The van der Waals surface area contributed by atoms with Crippen LogP contribution in [0.2, 0.25) is 0 Å². The van der Waals surface area contributed by atoms with Crippen molar-refractivity contribution in [2.24, 2.45) is 5.92 Å². The largest absolute Gasteiger partial charge is 0.355 e. The first-order valence-corrected chi connectivity index (χ1v) is 4.68. The Balaban J connectivity index is 1.95. The Bertz CT molecular complexity index is 145. The van der Waals surface area contributed by atoms with Crippen molar-refractivity contribution < 1.29 is 4.79 Å². The van der Waals surface area contributed by atoms with Gasteiger partial charge in [-0.1, -0.05) is 13.8 Å². The fourth-order valence-electron chi connectivity index (χ4n) is 0.939. The SMILES string of the molecule is CC(C)NCC(=O)NCC1CC1. The lowest BCUT2D eigenvalue weighted by Crippen LogP contribution is -2.37. The van der Waals surface area contributed by atoms with Crippen molar-refractivity contribution in [3.63, 3.8) is 0 Å². The molecule has 1 aliphatic rings. The zero-order chi connectivity index (χ0) is 8.97. The maximum atomic E-state index is 11.1. The first-order chi connectivity index (χ1) is 5.68. The standard InChI is InChI=1S/C9H18N2O/c1-7(2)10-6-9(12)11-5-8-3-4-8/h7-8,10H,3-6H2,1-2H3,(H,11,12). The molecule has 1 amide bonds. The molecule has 70 valence electrons. The molecule has 0 saturated heterocycles. The lowest BCUT2D eigenvalue weighted by atomic mass is 10.4. The van der Waals surface area contributed by atoms with Crippen LogP contribution in [0.1, 0.15) is 26.7 Å². The van der Waals surface area contributed by atoms with E-state index in [-0.39, 0.29) is 5.91 Å². The van der Waals surface area contributed by atoms with Gasteiger partial charge in [0.1, 0.15) is 0 Å². The minimum atomic E-state index is 0.121. The maximum Gasteiger partial charge on any atom is 0.233 e. The highest BCUT2D eigenvalue weighted by Gasteiger charge is 2.21. The van der Waals surface area contributed by atoms with Crippen molar-refractivity contribution in [2.45, 2.75) is 32.7 Å². The van der Waals surface area contributed by atoms with Crippen LogP contribution in [-0.4, -0.2) is 25.0 Å². The number of carbonyl (C=O) groups excluding carboxylic acids is 1. The van der Waals surface area contributed by atoms with Crippen LogP contribution >= 0.6 is 0 Å². The van der Waals surface area contributed by atoms with Crippen LogP contribution in [-0.2, 0) is 4.79 Å². The second-order valence-corrected chi connectivity index (χ2v) is 3.78. The molecule has 0 spiro atoms. The van der Waals surface area contributed by atoms with E-state index in [1.807, 2.05) is 13.8 Å². The van der Waals surface area contributed by atoms with Gasteiger partial charge in [0.25, 0.3) is 0 Å². The van der Waals surface area contributed by atoms with E-state index >= 15 is 0 Å². The number of hydrogen-bond acceptors (Lipinski definition) is 2. The predicted molar refractivity (Wildman–Crippen MR) is 48.9 cm³/mol. The molecule has 0 heterocycles. The normalized spacial score (nSPS) is 16.6. The zero-order valence-electron chi connectivity index (χ0n) is 7.89. The predicted octanol–water partition coefficient (Wildman–Crippen LogP) is 0.511. The number of hydrogen-bond donors (Lipinski definition) is 2. The van der Waals surface area contributed by atoms with Crippen LogP contribution in [0, 0.1) is 5.92 Å². The Morgan fingerprint density at radius 3 is 2.67 bits per heavy atom. The van der Waals surface area contributed by atoms with Crippen molar-refractivity contribution in [1.29, 1.82) is 0 Å². The average Bonchev–Trinajstić information content (AvgIpc) is 2.80. The Kier molecular flexibility index (Phi) is 3.53. The lowest BCUT2D eigenvalue weighted by molar-refractivity contribution is -0.120. The van der Waals surface area contributed by atoms with E-state index in [1.165, 1.54) is 12.8 Å². The summed E-state index contributed by atoms with van der Waals surface area (Å²) in [5, 5.41) is 5.98. The van der Waals surface area contributed by atoms with E-state index < -0.39 is 0 Å². The van der Waals surface area contributed by atoms with Gasteiger partial charge in [0.05, 0.1) is 6.54 Å². The molecule has 0 aliphatic heterocycles. The average molecular weight is 170 g/mol. The monoisotopic (exact) mass is 170 g/mol. The summed E-state index contributed by atoms with van der Waals surface area (Å²) in [6.45, 7) is 5.39. The first kappa shape index (κ1) is 9.52. The molecule has 1 rings (SSSR count). The number of rotatable bonds is 5. The fraction of sp³-hybridized carbons (Fsp3) is 0.889. The third-order valence-corrected chi connectivity index (χ3v) is 1.96. The molecule has 0 aromatic heterocycles. The first-order valence-electron chi connectivity index (χ1n) is 4.68. The Hall–Kier alpha value is -0.570.